The van der Waals surface area contributed by atoms with E-state index in [0.29, 0.717) is 18.0 Å². The predicted octanol–water partition coefficient (Wildman–Crippen LogP) is 3.61. The van der Waals surface area contributed by atoms with E-state index >= 15 is 0 Å². The highest BCUT2D eigenvalue weighted by molar-refractivity contribution is 5.61. The van der Waals surface area contributed by atoms with Gasteiger partial charge in [0.05, 0.1) is 12.8 Å². The van der Waals surface area contributed by atoms with Crippen LogP contribution in [0.25, 0.3) is 0 Å². The van der Waals surface area contributed by atoms with Crippen molar-refractivity contribution in [3.8, 4) is 5.75 Å². The van der Waals surface area contributed by atoms with Gasteiger partial charge in [-0.2, -0.15) is 0 Å². The van der Waals surface area contributed by atoms with Crippen LogP contribution in [0, 0.1) is 12.8 Å². The highest BCUT2D eigenvalue weighted by Crippen LogP contribution is 2.33. The van der Waals surface area contributed by atoms with E-state index in [4.69, 9.17) is 4.74 Å². The minimum atomic E-state index is 0.543. The first-order chi connectivity index (χ1) is 10.1. The van der Waals surface area contributed by atoms with Crippen molar-refractivity contribution < 1.29 is 4.74 Å². The average Bonchev–Trinajstić information content (AvgIpc) is 2.53. The molecule has 0 spiro atoms. The summed E-state index contributed by atoms with van der Waals surface area (Å²) in [7, 11) is 1.77. The Morgan fingerprint density at radius 1 is 1.38 bits per heavy atom. The Labute approximate surface area is 129 Å². The Morgan fingerprint density at radius 3 is 2.76 bits per heavy atom. The summed E-state index contributed by atoms with van der Waals surface area (Å²) < 4.78 is 5.61. The molecule has 0 aromatic heterocycles. The van der Waals surface area contributed by atoms with Crippen molar-refractivity contribution in [2.75, 3.05) is 25.1 Å². The maximum Gasteiger partial charge on any atom is 0.142 e. The number of nitrogens with zero attached hydrogens (tertiary/aromatic N) is 1. The Kier molecular flexibility index (Phi) is 5.51. The lowest BCUT2D eigenvalue weighted by molar-refractivity contribution is 0.303. The number of anilines is 1. The highest BCUT2D eigenvalue weighted by Gasteiger charge is 2.30. The van der Waals surface area contributed by atoms with Crippen LogP contribution in [-0.2, 0) is 0 Å². The zero-order chi connectivity index (χ0) is 15.4. The minimum absolute atomic E-state index is 0.543. The molecule has 1 aliphatic heterocycles. The van der Waals surface area contributed by atoms with Gasteiger partial charge in [-0.05, 0) is 37.0 Å². The number of hydrogen-bond donors (Lipinski definition) is 1. The number of nitrogens with one attached hydrogen (secondary N) is 1. The van der Waals surface area contributed by atoms with Crippen molar-refractivity contribution in [3.63, 3.8) is 0 Å². The van der Waals surface area contributed by atoms with Crippen molar-refractivity contribution in [1.82, 2.24) is 5.32 Å². The van der Waals surface area contributed by atoms with E-state index in [1.165, 1.54) is 17.7 Å². The molecule has 0 bridgehead atoms. The molecule has 1 N–H and O–H groups in total. The molecule has 1 aliphatic rings. The fraction of sp³-hybridized carbons (Fsp3) is 0.667. The molecule has 1 fully saturated rings. The van der Waals surface area contributed by atoms with E-state index in [-0.39, 0.29) is 0 Å². The van der Waals surface area contributed by atoms with Gasteiger partial charge in [-0.25, -0.2) is 0 Å². The molecule has 0 radical (unpaired) electrons. The van der Waals surface area contributed by atoms with Crippen LogP contribution in [0.3, 0.4) is 0 Å². The van der Waals surface area contributed by atoms with Gasteiger partial charge in [0.25, 0.3) is 0 Å². The minimum Gasteiger partial charge on any atom is -0.495 e. The van der Waals surface area contributed by atoms with Gasteiger partial charge in [0, 0.05) is 25.2 Å². The monoisotopic (exact) mass is 290 g/mol. The van der Waals surface area contributed by atoms with Crippen molar-refractivity contribution in [2.24, 2.45) is 5.92 Å². The smallest absolute Gasteiger partial charge is 0.142 e. The summed E-state index contributed by atoms with van der Waals surface area (Å²) in [6.45, 7) is 11.2. The standard InChI is InChI=1S/C18H30N2O/c1-6-14(4)16-12-20(15(7-2)11-19-16)17-10-13(3)8-9-18(17)21-5/h8-10,14-16,19H,6-7,11-12H2,1-5H3. The molecule has 1 saturated heterocycles. The second kappa shape index (κ2) is 7.17. The van der Waals surface area contributed by atoms with Crippen LogP contribution in [0.15, 0.2) is 18.2 Å². The second-order valence-corrected chi connectivity index (χ2v) is 6.29. The molecular formula is C18H30N2O. The summed E-state index contributed by atoms with van der Waals surface area (Å²) in [4.78, 5) is 2.55. The lowest BCUT2D eigenvalue weighted by Gasteiger charge is -2.44. The lowest BCUT2D eigenvalue weighted by Crippen LogP contribution is -2.58. The van der Waals surface area contributed by atoms with E-state index in [9.17, 15) is 0 Å². The van der Waals surface area contributed by atoms with Gasteiger partial charge in [-0.1, -0.05) is 33.3 Å². The maximum absolute atomic E-state index is 5.61. The summed E-state index contributed by atoms with van der Waals surface area (Å²) >= 11 is 0. The van der Waals surface area contributed by atoms with E-state index in [1.807, 2.05) is 0 Å². The van der Waals surface area contributed by atoms with Crippen LogP contribution in [0.4, 0.5) is 5.69 Å². The lowest BCUT2D eigenvalue weighted by atomic mass is 9.94. The molecule has 3 atom stereocenters. The Bertz CT molecular complexity index is 461. The molecule has 21 heavy (non-hydrogen) atoms. The number of ether oxygens (including phenoxy) is 1. The largest absolute Gasteiger partial charge is 0.495 e. The van der Waals surface area contributed by atoms with E-state index in [0.717, 1.165) is 25.3 Å². The SMILES string of the molecule is CCC(C)C1CN(c2cc(C)ccc2OC)C(CC)CN1. The fourth-order valence-corrected chi connectivity index (χ4v) is 3.17. The molecule has 3 unspecified atom stereocenters. The molecule has 0 saturated carbocycles. The molecule has 2 rings (SSSR count). The maximum atomic E-state index is 5.61. The first-order valence-corrected chi connectivity index (χ1v) is 8.25. The summed E-state index contributed by atoms with van der Waals surface area (Å²) in [5, 5.41) is 3.74. The molecule has 1 heterocycles. The van der Waals surface area contributed by atoms with Crippen molar-refractivity contribution in [3.05, 3.63) is 23.8 Å². The number of aryl methyl sites for hydroxylation is 1. The zero-order valence-electron chi connectivity index (χ0n) is 14.1. The topological polar surface area (TPSA) is 24.5 Å². The van der Waals surface area contributed by atoms with E-state index < -0.39 is 0 Å². The normalized spacial score (nSPS) is 24.0. The third-order valence-electron chi connectivity index (χ3n) is 4.90. The fourth-order valence-electron chi connectivity index (χ4n) is 3.17. The van der Waals surface area contributed by atoms with Crippen LogP contribution in [-0.4, -0.2) is 32.3 Å². The molecule has 0 aliphatic carbocycles. The second-order valence-electron chi connectivity index (χ2n) is 6.29. The van der Waals surface area contributed by atoms with Crippen molar-refractivity contribution in [1.29, 1.82) is 0 Å². The number of rotatable bonds is 5. The summed E-state index contributed by atoms with van der Waals surface area (Å²) in [6.07, 6.45) is 2.37. The quantitative estimate of drug-likeness (QED) is 0.896. The molecule has 1 aromatic rings. The summed E-state index contributed by atoms with van der Waals surface area (Å²) in [6, 6.07) is 7.58. The Morgan fingerprint density at radius 2 is 2.14 bits per heavy atom. The molecule has 0 amide bonds. The van der Waals surface area contributed by atoms with Crippen LogP contribution in [0.2, 0.25) is 0 Å². The zero-order valence-corrected chi connectivity index (χ0v) is 14.1. The van der Waals surface area contributed by atoms with Gasteiger partial charge in [0.1, 0.15) is 5.75 Å². The predicted molar refractivity (Wildman–Crippen MR) is 90.4 cm³/mol. The van der Waals surface area contributed by atoms with Crippen LogP contribution in [0.5, 0.6) is 5.75 Å². The van der Waals surface area contributed by atoms with Gasteiger partial charge in [-0.15, -0.1) is 0 Å². The highest BCUT2D eigenvalue weighted by atomic mass is 16.5. The molecule has 118 valence electrons. The van der Waals surface area contributed by atoms with Crippen LogP contribution in [0.1, 0.15) is 39.2 Å². The molecular weight excluding hydrogens is 260 g/mol. The Hall–Kier alpha value is -1.22. The first kappa shape index (κ1) is 16.2. The van der Waals surface area contributed by atoms with E-state index in [1.54, 1.807) is 7.11 Å². The van der Waals surface area contributed by atoms with Gasteiger partial charge >= 0.3 is 0 Å². The van der Waals surface area contributed by atoms with Crippen molar-refractivity contribution >= 4 is 5.69 Å². The first-order valence-electron chi connectivity index (χ1n) is 8.25. The van der Waals surface area contributed by atoms with Gasteiger partial charge in [0.15, 0.2) is 0 Å². The van der Waals surface area contributed by atoms with E-state index in [2.05, 4.69) is 56.1 Å². The average molecular weight is 290 g/mol. The number of hydrogen-bond acceptors (Lipinski definition) is 3. The molecule has 1 aromatic carbocycles. The third kappa shape index (κ3) is 3.52. The van der Waals surface area contributed by atoms with Crippen molar-refractivity contribution in [2.45, 2.75) is 52.6 Å². The summed E-state index contributed by atoms with van der Waals surface area (Å²) in [5.74, 6) is 1.69. The van der Waals surface area contributed by atoms with Crippen LogP contribution >= 0.6 is 0 Å². The van der Waals surface area contributed by atoms with Gasteiger partial charge < -0.3 is 15.0 Å². The number of benzene rings is 1. The van der Waals surface area contributed by atoms with Crippen LogP contribution < -0.4 is 15.0 Å². The van der Waals surface area contributed by atoms with Gasteiger partial charge in [0.2, 0.25) is 0 Å². The Balaban J connectivity index is 2.30. The van der Waals surface area contributed by atoms with Gasteiger partial charge in [-0.3, -0.25) is 0 Å². The number of piperazine rings is 1. The number of methoxy groups -OCH3 is 1. The molecule has 3 heteroatoms. The molecule has 3 nitrogen and oxygen atoms in total. The third-order valence-corrected chi connectivity index (χ3v) is 4.90. The summed E-state index contributed by atoms with van der Waals surface area (Å²) in [5.41, 5.74) is 2.54.